The van der Waals surface area contributed by atoms with E-state index in [0.29, 0.717) is 11.8 Å². The van der Waals surface area contributed by atoms with Crippen LogP contribution in [0.1, 0.15) is 21.6 Å². The van der Waals surface area contributed by atoms with Crippen LogP contribution < -0.4 is 10.9 Å². The van der Waals surface area contributed by atoms with Crippen molar-refractivity contribution < 1.29 is 18.0 Å². The summed E-state index contributed by atoms with van der Waals surface area (Å²) in [5.41, 5.74) is -0.278. The Morgan fingerprint density at radius 1 is 1.20 bits per heavy atom. The lowest BCUT2D eigenvalue weighted by atomic mass is 10.1. The molecule has 0 atom stereocenters. The number of nitrogens with zero attached hydrogens (tertiary/aromatic N) is 1. The zero-order valence-corrected chi connectivity index (χ0v) is 13.4. The van der Waals surface area contributed by atoms with E-state index in [1.54, 1.807) is 11.2 Å². The SMILES string of the molecule is Cc1ccc2c(NC(=O)c3ccc(C(F)(F)F)[nH]c3=O)cn(C)c2c1. The number of hydrogen-bond acceptors (Lipinski definition) is 2. The number of carbonyl (C=O) groups is 1. The number of halogens is 3. The molecule has 2 N–H and O–H groups in total. The maximum absolute atomic E-state index is 12.6. The molecule has 25 heavy (non-hydrogen) atoms. The lowest BCUT2D eigenvalue weighted by Gasteiger charge is -2.07. The molecule has 0 saturated carbocycles. The number of aromatic nitrogens is 2. The smallest absolute Gasteiger partial charge is 0.348 e. The Bertz CT molecular complexity index is 1030. The lowest BCUT2D eigenvalue weighted by molar-refractivity contribution is -0.141. The van der Waals surface area contributed by atoms with Gasteiger partial charge in [-0.2, -0.15) is 13.2 Å². The molecular formula is C17H14F3N3O2. The van der Waals surface area contributed by atoms with Gasteiger partial charge in [-0.05, 0) is 30.7 Å². The summed E-state index contributed by atoms with van der Waals surface area (Å²) in [6.45, 7) is 1.94. The number of carbonyl (C=O) groups excluding carboxylic acids is 1. The van der Waals surface area contributed by atoms with E-state index in [-0.39, 0.29) is 0 Å². The van der Waals surface area contributed by atoms with Gasteiger partial charge in [-0.3, -0.25) is 9.59 Å². The van der Waals surface area contributed by atoms with Gasteiger partial charge in [-0.25, -0.2) is 0 Å². The van der Waals surface area contributed by atoms with E-state index in [1.165, 1.54) is 0 Å². The third-order valence-electron chi connectivity index (χ3n) is 3.85. The van der Waals surface area contributed by atoms with Gasteiger partial charge in [-0.1, -0.05) is 12.1 Å². The molecule has 0 fully saturated rings. The van der Waals surface area contributed by atoms with E-state index in [2.05, 4.69) is 5.32 Å². The summed E-state index contributed by atoms with van der Waals surface area (Å²) in [5, 5.41) is 3.35. The number of hydrogen-bond donors (Lipinski definition) is 2. The summed E-state index contributed by atoms with van der Waals surface area (Å²) in [7, 11) is 1.81. The number of fused-ring (bicyclic) bond motifs is 1. The maximum Gasteiger partial charge on any atom is 0.431 e. The minimum atomic E-state index is -4.68. The summed E-state index contributed by atoms with van der Waals surface area (Å²) in [5.74, 6) is -0.775. The van der Waals surface area contributed by atoms with Crippen molar-refractivity contribution in [1.82, 2.24) is 9.55 Å². The molecule has 0 spiro atoms. The van der Waals surface area contributed by atoms with Crippen molar-refractivity contribution in [3.63, 3.8) is 0 Å². The Hall–Kier alpha value is -3.03. The molecule has 0 bridgehead atoms. The molecular weight excluding hydrogens is 335 g/mol. The number of rotatable bonds is 2. The van der Waals surface area contributed by atoms with Crippen LogP contribution in [0.5, 0.6) is 0 Å². The van der Waals surface area contributed by atoms with Crippen molar-refractivity contribution in [3.8, 4) is 0 Å². The highest BCUT2D eigenvalue weighted by Crippen LogP contribution is 2.28. The number of amides is 1. The van der Waals surface area contributed by atoms with Gasteiger partial charge in [0.05, 0.1) is 11.2 Å². The average Bonchev–Trinajstić information content (AvgIpc) is 2.81. The predicted molar refractivity (Wildman–Crippen MR) is 87.7 cm³/mol. The average molecular weight is 349 g/mol. The predicted octanol–water partition coefficient (Wildman–Crippen LogP) is 3.45. The Balaban J connectivity index is 1.95. The van der Waals surface area contributed by atoms with Gasteiger partial charge in [0.2, 0.25) is 0 Å². The molecule has 3 rings (SSSR count). The second kappa shape index (κ2) is 5.80. The first-order chi connectivity index (χ1) is 11.7. The number of nitrogens with one attached hydrogen (secondary N) is 2. The Morgan fingerprint density at radius 2 is 1.92 bits per heavy atom. The number of alkyl halides is 3. The van der Waals surface area contributed by atoms with E-state index in [1.807, 2.05) is 36.7 Å². The van der Waals surface area contributed by atoms with Crippen LogP contribution in [0.25, 0.3) is 10.9 Å². The third-order valence-corrected chi connectivity index (χ3v) is 3.85. The van der Waals surface area contributed by atoms with Crippen LogP contribution in [0.2, 0.25) is 0 Å². The van der Waals surface area contributed by atoms with Gasteiger partial charge in [0.1, 0.15) is 11.3 Å². The molecule has 0 saturated heterocycles. The Labute approximate surface area is 140 Å². The summed E-state index contributed by atoms with van der Waals surface area (Å²) < 4.78 is 39.6. The molecule has 0 aliphatic carbocycles. The number of pyridine rings is 1. The van der Waals surface area contributed by atoms with Crippen molar-refractivity contribution >= 4 is 22.5 Å². The Morgan fingerprint density at radius 3 is 2.56 bits per heavy atom. The first-order valence-corrected chi connectivity index (χ1v) is 7.34. The van der Waals surface area contributed by atoms with Crippen LogP contribution in [0.4, 0.5) is 18.9 Å². The standard InChI is InChI=1S/C17H14F3N3O2/c1-9-3-4-10-12(8-23(2)13(10)7-9)21-15(24)11-5-6-14(17(18,19)20)22-16(11)25/h3-8H,1-2H3,(H,21,24)(H,22,25). The van der Waals surface area contributed by atoms with E-state index in [0.717, 1.165) is 22.5 Å². The fraction of sp³-hybridized carbons (Fsp3) is 0.176. The molecule has 3 aromatic rings. The summed E-state index contributed by atoms with van der Waals surface area (Å²) in [6, 6.07) is 7.19. The molecule has 0 aliphatic heterocycles. The number of anilines is 1. The molecule has 8 heteroatoms. The third kappa shape index (κ3) is 3.15. The Kier molecular flexibility index (Phi) is 3.90. The molecule has 0 aliphatic rings. The van der Waals surface area contributed by atoms with Crippen molar-refractivity contribution in [2.24, 2.45) is 7.05 Å². The highest BCUT2D eigenvalue weighted by atomic mass is 19.4. The second-order valence-electron chi connectivity index (χ2n) is 5.74. The lowest BCUT2D eigenvalue weighted by Crippen LogP contribution is -2.25. The first-order valence-electron chi connectivity index (χ1n) is 7.34. The molecule has 2 heterocycles. The van der Waals surface area contributed by atoms with Crippen molar-refractivity contribution in [3.05, 3.63) is 63.7 Å². The highest BCUT2D eigenvalue weighted by Gasteiger charge is 2.32. The van der Waals surface area contributed by atoms with Crippen LogP contribution in [0, 0.1) is 6.92 Å². The monoisotopic (exact) mass is 349 g/mol. The normalized spacial score (nSPS) is 11.7. The topological polar surface area (TPSA) is 66.9 Å². The van der Waals surface area contributed by atoms with Crippen molar-refractivity contribution in [2.75, 3.05) is 5.32 Å². The molecule has 130 valence electrons. The van der Waals surface area contributed by atoms with Crippen molar-refractivity contribution in [2.45, 2.75) is 13.1 Å². The van der Waals surface area contributed by atoms with E-state index < -0.39 is 28.9 Å². The van der Waals surface area contributed by atoms with Crippen LogP contribution in [0.15, 0.2) is 41.3 Å². The summed E-state index contributed by atoms with van der Waals surface area (Å²) in [6.07, 6.45) is -3.00. The number of benzene rings is 1. The molecule has 0 unspecified atom stereocenters. The zero-order valence-electron chi connectivity index (χ0n) is 13.4. The van der Waals surface area contributed by atoms with E-state index in [4.69, 9.17) is 0 Å². The molecule has 1 aromatic carbocycles. The van der Waals surface area contributed by atoms with E-state index >= 15 is 0 Å². The fourth-order valence-corrected chi connectivity index (χ4v) is 2.60. The van der Waals surface area contributed by atoms with E-state index in [9.17, 15) is 22.8 Å². The van der Waals surface area contributed by atoms with Gasteiger partial charge >= 0.3 is 6.18 Å². The number of H-pyrrole nitrogens is 1. The summed E-state index contributed by atoms with van der Waals surface area (Å²) in [4.78, 5) is 25.8. The van der Waals surface area contributed by atoms with Gasteiger partial charge < -0.3 is 14.9 Å². The molecule has 0 radical (unpaired) electrons. The number of aryl methyl sites for hydroxylation is 2. The molecule has 2 aromatic heterocycles. The minimum Gasteiger partial charge on any atom is -0.348 e. The van der Waals surface area contributed by atoms with Gasteiger partial charge in [0.25, 0.3) is 11.5 Å². The van der Waals surface area contributed by atoms with Crippen LogP contribution in [-0.2, 0) is 13.2 Å². The number of aromatic amines is 1. The van der Waals surface area contributed by atoms with Crippen LogP contribution >= 0.6 is 0 Å². The fourth-order valence-electron chi connectivity index (χ4n) is 2.60. The first kappa shape index (κ1) is 16.8. The minimum absolute atomic E-state index is 0.392. The zero-order chi connectivity index (χ0) is 18.4. The van der Waals surface area contributed by atoms with Gasteiger partial charge in [0, 0.05) is 18.6 Å². The summed E-state index contributed by atoms with van der Waals surface area (Å²) >= 11 is 0. The van der Waals surface area contributed by atoms with Crippen LogP contribution in [0.3, 0.4) is 0 Å². The highest BCUT2D eigenvalue weighted by molar-refractivity contribution is 6.09. The van der Waals surface area contributed by atoms with Crippen molar-refractivity contribution in [1.29, 1.82) is 0 Å². The molecule has 5 nitrogen and oxygen atoms in total. The quantitative estimate of drug-likeness (QED) is 0.744. The second-order valence-corrected chi connectivity index (χ2v) is 5.74. The van der Waals surface area contributed by atoms with Gasteiger partial charge in [-0.15, -0.1) is 0 Å². The van der Waals surface area contributed by atoms with Crippen LogP contribution in [-0.4, -0.2) is 15.5 Å². The maximum atomic E-state index is 12.6. The van der Waals surface area contributed by atoms with Gasteiger partial charge in [0.15, 0.2) is 0 Å². The molecule has 1 amide bonds. The largest absolute Gasteiger partial charge is 0.431 e.